The van der Waals surface area contributed by atoms with Gasteiger partial charge in [-0.15, -0.1) is 0 Å². The first-order valence-electron chi connectivity index (χ1n) is 7.82. The van der Waals surface area contributed by atoms with E-state index in [-0.39, 0.29) is 0 Å². The van der Waals surface area contributed by atoms with E-state index in [4.69, 9.17) is 0 Å². The molecule has 4 rings (SSSR count). The number of nitrogens with zero attached hydrogens (tertiary/aromatic N) is 1. The first-order chi connectivity index (χ1) is 9.79. The Hall–Kier alpha value is -1.63. The van der Waals surface area contributed by atoms with Crippen molar-refractivity contribution in [3.05, 3.63) is 53.7 Å². The molecule has 0 amide bonds. The lowest BCUT2D eigenvalue weighted by Gasteiger charge is -2.22. The van der Waals surface area contributed by atoms with Crippen LogP contribution < -0.4 is 0 Å². The molecular weight excluding hydrogens is 242 g/mol. The summed E-state index contributed by atoms with van der Waals surface area (Å²) < 4.78 is 0. The van der Waals surface area contributed by atoms with Crippen LogP contribution in [0.1, 0.15) is 42.7 Å². The van der Waals surface area contributed by atoms with Crippen LogP contribution in [0.2, 0.25) is 0 Å². The number of aryl methyl sites for hydroxylation is 1. The third-order valence-electron chi connectivity index (χ3n) is 5.30. The van der Waals surface area contributed by atoms with Crippen molar-refractivity contribution in [2.75, 3.05) is 0 Å². The minimum atomic E-state index is 0.793. The minimum Gasteiger partial charge on any atom is -0.256 e. The van der Waals surface area contributed by atoms with Crippen molar-refractivity contribution >= 4 is 0 Å². The zero-order chi connectivity index (χ0) is 13.5. The summed E-state index contributed by atoms with van der Waals surface area (Å²) in [6, 6.07) is 13.3. The lowest BCUT2D eigenvalue weighted by molar-refractivity contribution is 0.420. The van der Waals surface area contributed by atoms with Crippen molar-refractivity contribution in [1.82, 2.24) is 4.98 Å². The molecule has 102 valence electrons. The van der Waals surface area contributed by atoms with Gasteiger partial charge in [-0.2, -0.15) is 0 Å². The van der Waals surface area contributed by atoms with Gasteiger partial charge in [0.15, 0.2) is 0 Å². The molecule has 1 nitrogen and oxygen atoms in total. The third-order valence-corrected chi connectivity index (χ3v) is 5.30. The molecule has 20 heavy (non-hydrogen) atoms. The fraction of sp³-hybridized carbons (Fsp3) is 0.421. The molecule has 2 aliphatic rings. The van der Waals surface area contributed by atoms with Crippen molar-refractivity contribution in [2.24, 2.45) is 11.8 Å². The average molecular weight is 263 g/mol. The fourth-order valence-electron chi connectivity index (χ4n) is 4.21. The molecule has 0 N–H and O–H groups in total. The molecule has 0 saturated heterocycles. The first kappa shape index (κ1) is 12.1. The van der Waals surface area contributed by atoms with Gasteiger partial charge >= 0.3 is 0 Å². The number of aromatic nitrogens is 1. The quantitative estimate of drug-likeness (QED) is 0.746. The predicted octanol–water partition coefficient (Wildman–Crippen LogP) is 4.96. The van der Waals surface area contributed by atoms with Gasteiger partial charge in [-0.1, -0.05) is 36.2 Å². The summed E-state index contributed by atoms with van der Waals surface area (Å²) in [5.41, 5.74) is 5.19. The summed E-state index contributed by atoms with van der Waals surface area (Å²) in [6.45, 7) is 2.13. The van der Waals surface area contributed by atoms with Crippen molar-refractivity contribution < 1.29 is 0 Å². The van der Waals surface area contributed by atoms with Gasteiger partial charge < -0.3 is 0 Å². The third kappa shape index (κ3) is 2.06. The highest BCUT2D eigenvalue weighted by Gasteiger charge is 2.40. The van der Waals surface area contributed by atoms with Gasteiger partial charge in [-0.05, 0) is 61.6 Å². The summed E-state index contributed by atoms with van der Waals surface area (Å²) in [5, 5.41) is 0. The van der Waals surface area contributed by atoms with Gasteiger partial charge in [-0.25, -0.2) is 0 Å². The van der Waals surface area contributed by atoms with Crippen LogP contribution in [0, 0.1) is 18.8 Å². The summed E-state index contributed by atoms with van der Waals surface area (Å²) in [6.07, 6.45) is 7.78. The molecule has 2 aromatic rings. The summed E-state index contributed by atoms with van der Waals surface area (Å²) in [7, 11) is 0. The number of hydrogen-bond acceptors (Lipinski definition) is 1. The molecule has 0 spiro atoms. The second kappa shape index (κ2) is 4.73. The molecule has 1 aromatic heterocycles. The lowest BCUT2D eigenvalue weighted by Crippen LogP contribution is -2.08. The van der Waals surface area contributed by atoms with Crippen molar-refractivity contribution in [3.63, 3.8) is 0 Å². The van der Waals surface area contributed by atoms with Gasteiger partial charge in [0.2, 0.25) is 0 Å². The van der Waals surface area contributed by atoms with E-state index < -0.39 is 0 Å². The maximum Gasteiger partial charge on any atom is 0.0704 e. The topological polar surface area (TPSA) is 12.9 Å². The van der Waals surface area contributed by atoms with E-state index in [0.717, 1.165) is 23.4 Å². The molecule has 0 aliphatic heterocycles. The highest BCUT2D eigenvalue weighted by molar-refractivity contribution is 5.60. The standard InChI is InChI=1S/C19H21N/c1-13-2-5-15(6-3-13)19-12-17(8-9-20-19)18-11-14-4-7-16(18)10-14/h2-3,5-6,8-9,12,14,16,18H,4,7,10-11H2,1H3. The normalized spacial score (nSPS) is 27.9. The summed E-state index contributed by atoms with van der Waals surface area (Å²) in [5.74, 6) is 2.73. The fourth-order valence-corrected chi connectivity index (χ4v) is 4.21. The van der Waals surface area contributed by atoms with Crippen molar-refractivity contribution in [3.8, 4) is 11.3 Å². The Kier molecular flexibility index (Phi) is 2.87. The SMILES string of the molecule is Cc1ccc(-c2cc(C3CC4CCC3C4)ccn2)cc1. The molecular formula is C19H21N. The second-order valence-electron chi connectivity index (χ2n) is 6.62. The van der Waals surface area contributed by atoms with Crippen LogP contribution >= 0.6 is 0 Å². The van der Waals surface area contributed by atoms with Crippen LogP contribution in [-0.4, -0.2) is 4.98 Å². The van der Waals surface area contributed by atoms with E-state index in [0.29, 0.717) is 0 Å². The molecule has 1 heteroatoms. The molecule has 2 fully saturated rings. The number of benzene rings is 1. The van der Waals surface area contributed by atoms with Crippen LogP contribution in [0.4, 0.5) is 0 Å². The number of pyridine rings is 1. The van der Waals surface area contributed by atoms with E-state index in [9.17, 15) is 0 Å². The van der Waals surface area contributed by atoms with E-state index in [1.165, 1.54) is 42.4 Å². The van der Waals surface area contributed by atoms with Gasteiger partial charge in [-0.3, -0.25) is 4.98 Å². The molecule has 2 aliphatic carbocycles. The molecule has 2 bridgehead atoms. The van der Waals surface area contributed by atoms with Crippen LogP contribution in [-0.2, 0) is 0 Å². The number of fused-ring (bicyclic) bond motifs is 2. The molecule has 1 aromatic carbocycles. The van der Waals surface area contributed by atoms with Gasteiger partial charge in [0.1, 0.15) is 0 Å². The van der Waals surface area contributed by atoms with Crippen molar-refractivity contribution in [1.29, 1.82) is 0 Å². The number of hydrogen-bond donors (Lipinski definition) is 0. The highest BCUT2D eigenvalue weighted by Crippen LogP contribution is 2.52. The van der Waals surface area contributed by atoms with Gasteiger partial charge in [0.05, 0.1) is 5.69 Å². The van der Waals surface area contributed by atoms with Gasteiger partial charge in [0, 0.05) is 11.8 Å². The Balaban J connectivity index is 1.66. The van der Waals surface area contributed by atoms with E-state index in [1.54, 1.807) is 0 Å². The van der Waals surface area contributed by atoms with Crippen molar-refractivity contribution in [2.45, 2.75) is 38.5 Å². The Bertz CT molecular complexity index is 614. The maximum atomic E-state index is 4.57. The summed E-state index contributed by atoms with van der Waals surface area (Å²) >= 11 is 0. The average Bonchev–Trinajstić information content (AvgIpc) is 3.11. The Labute approximate surface area is 121 Å². The Morgan fingerprint density at radius 1 is 1.00 bits per heavy atom. The smallest absolute Gasteiger partial charge is 0.0704 e. The summed E-state index contributed by atoms with van der Waals surface area (Å²) in [4.78, 5) is 4.57. The minimum absolute atomic E-state index is 0.793. The van der Waals surface area contributed by atoms with E-state index in [2.05, 4.69) is 48.3 Å². The molecule has 3 unspecified atom stereocenters. The molecule has 1 heterocycles. The van der Waals surface area contributed by atoms with Crippen LogP contribution in [0.3, 0.4) is 0 Å². The van der Waals surface area contributed by atoms with Crippen LogP contribution in [0.25, 0.3) is 11.3 Å². The monoisotopic (exact) mass is 263 g/mol. The van der Waals surface area contributed by atoms with E-state index in [1.807, 2.05) is 6.20 Å². The largest absolute Gasteiger partial charge is 0.256 e. The Morgan fingerprint density at radius 2 is 1.85 bits per heavy atom. The maximum absolute atomic E-state index is 4.57. The van der Waals surface area contributed by atoms with Crippen LogP contribution in [0.15, 0.2) is 42.6 Å². The number of rotatable bonds is 2. The second-order valence-corrected chi connectivity index (χ2v) is 6.62. The zero-order valence-corrected chi connectivity index (χ0v) is 12.0. The molecule has 3 atom stereocenters. The van der Waals surface area contributed by atoms with E-state index >= 15 is 0 Å². The highest BCUT2D eigenvalue weighted by atomic mass is 14.7. The van der Waals surface area contributed by atoms with Gasteiger partial charge in [0.25, 0.3) is 0 Å². The zero-order valence-electron chi connectivity index (χ0n) is 12.0. The molecule has 0 radical (unpaired) electrons. The predicted molar refractivity (Wildman–Crippen MR) is 82.6 cm³/mol. The first-order valence-corrected chi connectivity index (χ1v) is 7.82. The lowest BCUT2D eigenvalue weighted by atomic mass is 9.83. The molecule has 2 saturated carbocycles. The Morgan fingerprint density at radius 3 is 2.55 bits per heavy atom. The van der Waals surface area contributed by atoms with Crippen LogP contribution in [0.5, 0.6) is 0 Å².